The maximum atomic E-state index is 15.0. The second-order valence-electron chi connectivity index (χ2n) is 13.1. The number of halogens is 4. The van der Waals surface area contributed by atoms with Crippen LogP contribution in [0.4, 0.5) is 23.2 Å². The van der Waals surface area contributed by atoms with E-state index in [0.717, 1.165) is 17.6 Å². The third-order valence-electron chi connectivity index (χ3n) is 9.79. The van der Waals surface area contributed by atoms with Crippen molar-refractivity contribution in [2.45, 2.75) is 71.3 Å². The zero-order valence-electron chi connectivity index (χ0n) is 26.3. The fraction of sp³-hybridized carbons (Fsp3) is 0.405. The van der Waals surface area contributed by atoms with Crippen molar-refractivity contribution in [3.63, 3.8) is 0 Å². The first-order valence-corrected chi connectivity index (χ1v) is 16.0. The van der Waals surface area contributed by atoms with Crippen molar-refractivity contribution in [3.8, 4) is 0 Å². The molecule has 2 fully saturated rings. The molecule has 5 nitrogen and oxygen atoms in total. The van der Waals surface area contributed by atoms with Gasteiger partial charge < -0.3 is 10.2 Å². The molecule has 1 aliphatic carbocycles. The molecule has 1 unspecified atom stereocenters. The van der Waals surface area contributed by atoms with Gasteiger partial charge in [-0.2, -0.15) is 13.2 Å². The van der Waals surface area contributed by atoms with E-state index in [0.29, 0.717) is 48.3 Å². The summed E-state index contributed by atoms with van der Waals surface area (Å²) in [6.07, 6.45) is -0.139. The number of piperidine rings is 1. The predicted octanol–water partition coefficient (Wildman–Crippen LogP) is 8.10. The van der Waals surface area contributed by atoms with Gasteiger partial charge in [0, 0.05) is 25.3 Å². The van der Waals surface area contributed by atoms with Crippen LogP contribution >= 0.6 is 0 Å². The maximum Gasteiger partial charge on any atom is 0.404 e. The van der Waals surface area contributed by atoms with Crippen LogP contribution in [0.15, 0.2) is 66.7 Å². The number of nitrogens with one attached hydrogen (secondary N) is 1. The maximum absolute atomic E-state index is 15.0. The van der Waals surface area contributed by atoms with Crippen molar-refractivity contribution in [1.82, 2.24) is 9.80 Å². The van der Waals surface area contributed by atoms with E-state index in [2.05, 4.69) is 11.4 Å². The quantitative estimate of drug-likeness (QED) is 0.279. The Labute approximate surface area is 267 Å². The minimum atomic E-state index is -4.30. The smallest absolute Gasteiger partial charge is 0.331 e. The fourth-order valence-electron chi connectivity index (χ4n) is 7.47. The molecule has 1 N–H and O–H groups in total. The molecular weight excluding hydrogens is 594 g/mol. The molecule has 0 bridgehead atoms. The number of rotatable bonds is 6. The third-order valence-corrected chi connectivity index (χ3v) is 9.79. The van der Waals surface area contributed by atoms with E-state index in [1.165, 1.54) is 16.5 Å². The topological polar surface area (TPSA) is 52.7 Å². The number of aryl methyl sites for hydroxylation is 1. The number of likely N-dealkylation sites (tertiary alicyclic amines) is 2. The molecule has 2 aliphatic heterocycles. The van der Waals surface area contributed by atoms with Crippen LogP contribution < -0.4 is 5.32 Å². The normalized spacial score (nSPS) is 23.3. The van der Waals surface area contributed by atoms with Crippen molar-refractivity contribution in [2.24, 2.45) is 11.8 Å². The van der Waals surface area contributed by atoms with Crippen molar-refractivity contribution in [3.05, 3.63) is 106 Å². The standard InChI is InChI=1S/C37H39F4N3O2/c1-22-18-32(37(39,40)41)43(20-22)21-25-10-13-27(14-11-25)34-29(35(45)42-28-16-15-26-12-9-23(2)30(26)19-28)7-5-17-44(34)36(46)33-24(3)6-4-8-31(33)38/h4,6,8-11,13-16,19,22,29,32,34H,5,7,12,17-18,20-21H2,1-3H3,(H,42,45)/t22-,29+,32?,34+/m1/s1. The highest BCUT2D eigenvalue weighted by Gasteiger charge is 2.48. The minimum Gasteiger partial charge on any atom is -0.331 e. The van der Waals surface area contributed by atoms with Crippen molar-refractivity contribution >= 4 is 23.1 Å². The lowest BCUT2D eigenvalue weighted by atomic mass is 9.83. The van der Waals surface area contributed by atoms with Crippen LogP contribution in [0.1, 0.15) is 77.3 Å². The van der Waals surface area contributed by atoms with E-state index < -0.39 is 35.9 Å². The first-order valence-electron chi connectivity index (χ1n) is 16.0. The zero-order valence-corrected chi connectivity index (χ0v) is 26.3. The number of benzene rings is 3. The number of allylic oxidation sites excluding steroid dienone is 2. The van der Waals surface area contributed by atoms with E-state index in [-0.39, 0.29) is 30.4 Å². The Bertz CT molecular complexity index is 1650. The van der Waals surface area contributed by atoms with Gasteiger partial charge in [-0.3, -0.25) is 14.5 Å². The van der Waals surface area contributed by atoms with E-state index in [9.17, 15) is 22.8 Å². The van der Waals surface area contributed by atoms with E-state index in [1.807, 2.05) is 32.0 Å². The highest BCUT2D eigenvalue weighted by atomic mass is 19.4. The average molecular weight is 634 g/mol. The molecule has 4 atom stereocenters. The van der Waals surface area contributed by atoms with Crippen LogP contribution in [-0.2, 0) is 17.8 Å². The summed E-state index contributed by atoms with van der Waals surface area (Å²) in [6.45, 7) is 6.40. The Morgan fingerprint density at radius 1 is 1.02 bits per heavy atom. The highest BCUT2D eigenvalue weighted by Crippen LogP contribution is 2.40. The first kappa shape index (κ1) is 32.0. The molecule has 3 aromatic carbocycles. The number of alkyl halides is 3. The second kappa shape index (κ2) is 12.7. The molecule has 3 aliphatic rings. The van der Waals surface area contributed by atoms with E-state index >= 15 is 4.39 Å². The summed E-state index contributed by atoms with van der Waals surface area (Å²) in [5.74, 6) is -2.03. The molecule has 0 spiro atoms. The molecule has 3 aromatic rings. The van der Waals surface area contributed by atoms with Gasteiger partial charge in [-0.15, -0.1) is 0 Å². The van der Waals surface area contributed by atoms with Crippen LogP contribution in [-0.4, -0.2) is 46.9 Å². The predicted molar refractivity (Wildman–Crippen MR) is 171 cm³/mol. The lowest BCUT2D eigenvalue weighted by Crippen LogP contribution is -2.46. The Balaban J connectivity index is 1.31. The molecular formula is C37H39F4N3O2. The second-order valence-corrected chi connectivity index (χ2v) is 13.1. The summed E-state index contributed by atoms with van der Waals surface area (Å²) in [5.41, 5.74) is 6.00. The Morgan fingerprint density at radius 2 is 1.78 bits per heavy atom. The van der Waals surface area contributed by atoms with E-state index in [4.69, 9.17) is 0 Å². The fourth-order valence-corrected chi connectivity index (χ4v) is 7.47. The molecule has 46 heavy (non-hydrogen) atoms. The lowest BCUT2D eigenvalue weighted by molar-refractivity contribution is -0.177. The van der Waals surface area contributed by atoms with Gasteiger partial charge in [0.25, 0.3) is 5.91 Å². The van der Waals surface area contributed by atoms with Crippen LogP contribution in [0.2, 0.25) is 0 Å². The summed E-state index contributed by atoms with van der Waals surface area (Å²) in [5, 5.41) is 3.07. The van der Waals surface area contributed by atoms with Gasteiger partial charge in [-0.1, -0.05) is 55.5 Å². The van der Waals surface area contributed by atoms with Gasteiger partial charge in [0.2, 0.25) is 5.91 Å². The number of hydrogen-bond donors (Lipinski definition) is 1. The van der Waals surface area contributed by atoms with Crippen molar-refractivity contribution in [1.29, 1.82) is 0 Å². The van der Waals surface area contributed by atoms with Crippen LogP contribution in [0, 0.1) is 24.6 Å². The summed E-state index contributed by atoms with van der Waals surface area (Å²) in [6, 6.07) is 15.3. The molecule has 242 valence electrons. The van der Waals surface area contributed by atoms with Crippen LogP contribution in [0.25, 0.3) is 5.57 Å². The van der Waals surface area contributed by atoms with Gasteiger partial charge in [0.1, 0.15) is 11.9 Å². The largest absolute Gasteiger partial charge is 0.404 e. The number of carbonyl (C=O) groups excluding carboxylic acids is 2. The number of carbonyl (C=O) groups is 2. The molecule has 2 saturated heterocycles. The molecule has 9 heteroatoms. The van der Waals surface area contributed by atoms with Gasteiger partial charge in [-0.05, 0) is 97.0 Å². The van der Waals surface area contributed by atoms with Crippen LogP contribution in [0.5, 0.6) is 0 Å². The number of nitrogens with zero attached hydrogens (tertiary/aromatic N) is 2. The number of fused-ring (bicyclic) bond motifs is 1. The highest BCUT2D eigenvalue weighted by molar-refractivity contribution is 5.98. The minimum absolute atomic E-state index is 0.0209. The number of hydrogen-bond acceptors (Lipinski definition) is 3. The van der Waals surface area contributed by atoms with Crippen molar-refractivity contribution in [2.75, 3.05) is 18.4 Å². The summed E-state index contributed by atoms with van der Waals surface area (Å²) < 4.78 is 56.2. The molecule has 2 heterocycles. The summed E-state index contributed by atoms with van der Waals surface area (Å²) in [4.78, 5) is 31.0. The Hall–Kier alpha value is -3.98. The monoisotopic (exact) mass is 633 g/mol. The third kappa shape index (κ3) is 6.34. The van der Waals surface area contributed by atoms with E-state index in [1.54, 1.807) is 48.2 Å². The molecule has 0 aromatic heterocycles. The molecule has 2 amide bonds. The summed E-state index contributed by atoms with van der Waals surface area (Å²) in [7, 11) is 0. The van der Waals surface area contributed by atoms with Gasteiger partial charge in [-0.25, -0.2) is 4.39 Å². The van der Waals surface area contributed by atoms with Gasteiger partial charge >= 0.3 is 6.18 Å². The molecule has 0 radical (unpaired) electrons. The molecule has 0 saturated carbocycles. The van der Waals surface area contributed by atoms with Gasteiger partial charge in [0.05, 0.1) is 17.5 Å². The Morgan fingerprint density at radius 3 is 2.50 bits per heavy atom. The number of anilines is 1. The lowest BCUT2D eigenvalue weighted by Gasteiger charge is -2.41. The first-order chi connectivity index (χ1) is 21.9. The number of amides is 2. The molecule has 6 rings (SSSR count). The average Bonchev–Trinajstić information content (AvgIpc) is 3.58. The van der Waals surface area contributed by atoms with Crippen molar-refractivity contribution < 1.29 is 27.2 Å². The Kier molecular flexibility index (Phi) is 8.81. The zero-order chi connectivity index (χ0) is 32.7. The van der Waals surface area contributed by atoms with Gasteiger partial charge in [0.15, 0.2) is 0 Å². The SMILES string of the molecule is CC1=CCc2ccc(NC(=O)[C@H]3CCCN(C(=O)c4c(C)cccc4F)[C@H]3c3ccc(CN4C[C@H](C)CC4C(F)(F)F)cc3)cc21. The van der Waals surface area contributed by atoms with Crippen LogP contribution in [0.3, 0.4) is 0 Å². The summed E-state index contributed by atoms with van der Waals surface area (Å²) >= 11 is 0.